The lowest BCUT2D eigenvalue weighted by Gasteiger charge is -2.24. The van der Waals surface area contributed by atoms with E-state index in [0.29, 0.717) is 24.9 Å². The molecule has 1 aliphatic carbocycles. The minimum Gasteiger partial charge on any atom is -0.274 e. The van der Waals surface area contributed by atoms with Gasteiger partial charge in [-0.05, 0) is 43.5 Å². The number of hydrogen-bond acceptors (Lipinski definition) is 4. The minimum absolute atomic E-state index is 0.0416. The summed E-state index contributed by atoms with van der Waals surface area (Å²) >= 11 is 0. The van der Waals surface area contributed by atoms with Gasteiger partial charge in [0.2, 0.25) is 21.8 Å². The van der Waals surface area contributed by atoms with E-state index in [9.17, 15) is 18.0 Å². The van der Waals surface area contributed by atoms with E-state index >= 15 is 0 Å². The van der Waals surface area contributed by atoms with E-state index < -0.39 is 10.0 Å². The maximum atomic E-state index is 12.0. The summed E-state index contributed by atoms with van der Waals surface area (Å²) in [5.74, 6) is -0.476. The van der Waals surface area contributed by atoms with Gasteiger partial charge in [0.1, 0.15) is 0 Å². The number of amides is 2. The number of nitrogens with zero attached hydrogens (tertiary/aromatic N) is 1. The smallest absolute Gasteiger partial charge is 0.240 e. The molecule has 21 heavy (non-hydrogen) atoms. The first-order valence-electron chi connectivity index (χ1n) is 6.95. The highest BCUT2D eigenvalue weighted by molar-refractivity contribution is 7.89. The lowest BCUT2D eigenvalue weighted by atomic mass is 10.1. The second-order valence-corrected chi connectivity index (χ2v) is 7.08. The van der Waals surface area contributed by atoms with Gasteiger partial charge in [-0.25, -0.2) is 13.1 Å². The van der Waals surface area contributed by atoms with E-state index in [-0.39, 0.29) is 22.8 Å². The van der Waals surface area contributed by atoms with Gasteiger partial charge in [0, 0.05) is 18.9 Å². The molecule has 0 radical (unpaired) electrons. The van der Waals surface area contributed by atoms with E-state index in [1.54, 1.807) is 0 Å². The standard InChI is InChI=1S/C14H16N2O4S/c17-13-2-1-3-14(18)16(13)11-6-8-12(9-7-11)21(19,20)15-10-4-5-10/h6-10,15H,1-5H2. The second-order valence-electron chi connectivity index (χ2n) is 5.37. The third-order valence-electron chi connectivity index (χ3n) is 3.58. The van der Waals surface area contributed by atoms with Crippen LogP contribution in [0.1, 0.15) is 32.1 Å². The summed E-state index contributed by atoms with van der Waals surface area (Å²) in [5.41, 5.74) is 0.426. The molecule has 2 fully saturated rings. The Balaban J connectivity index is 1.83. The number of nitrogens with one attached hydrogen (secondary N) is 1. The third kappa shape index (κ3) is 2.98. The van der Waals surface area contributed by atoms with Crippen LogP contribution in [0.25, 0.3) is 0 Å². The summed E-state index contributed by atoms with van der Waals surface area (Å²) < 4.78 is 26.7. The van der Waals surface area contributed by atoms with Crippen LogP contribution in [0.3, 0.4) is 0 Å². The molecule has 0 atom stereocenters. The van der Waals surface area contributed by atoms with E-state index in [1.165, 1.54) is 24.3 Å². The number of carbonyl (C=O) groups is 2. The Bertz CT molecular complexity index is 661. The molecule has 7 heteroatoms. The van der Waals surface area contributed by atoms with Gasteiger partial charge in [-0.3, -0.25) is 14.5 Å². The molecule has 0 bridgehead atoms. The minimum atomic E-state index is -3.51. The SMILES string of the molecule is O=C1CCCC(=O)N1c1ccc(S(=O)(=O)NC2CC2)cc1. The van der Waals surface area contributed by atoms with Crippen molar-refractivity contribution in [2.45, 2.75) is 43.0 Å². The number of imide groups is 1. The third-order valence-corrected chi connectivity index (χ3v) is 5.12. The fourth-order valence-corrected chi connectivity index (χ4v) is 3.61. The highest BCUT2D eigenvalue weighted by Gasteiger charge is 2.29. The number of rotatable bonds is 4. The number of carbonyl (C=O) groups excluding carboxylic acids is 2. The van der Waals surface area contributed by atoms with Gasteiger partial charge in [0.15, 0.2) is 0 Å². The van der Waals surface area contributed by atoms with Gasteiger partial charge in [0.25, 0.3) is 0 Å². The number of anilines is 1. The van der Waals surface area contributed by atoms with Crippen LogP contribution in [-0.2, 0) is 19.6 Å². The van der Waals surface area contributed by atoms with Gasteiger partial charge in [0.05, 0.1) is 10.6 Å². The van der Waals surface area contributed by atoms with Crippen molar-refractivity contribution >= 4 is 27.5 Å². The zero-order valence-corrected chi connectivity index (χ0v) is 12.2. The highest BCUT2D eigenvalue weighted by Crippen LogP contribution is 2.25. The Morgan fingerprint density at radius 1 is 1.00 bits per heavy atom. The van der Waals surface area contributed by atoms with Crippen LogP contribution in [-0.4, -0.2) is 26.3 Å². The summed E-state index contributed by atoms with van der Waals surface area (Å²) in [6.07, 6.45) is 3.00. The first-order valence-corrected chi connectivity index (χ1v) is 8.44. The molecule has 2 amide bonds. The fraction of sp³-hybridized carbons (Fsp3) is 0.429. The van der Waals surface area contributed by atoms with Crippen LogP contribution in [0.4, 0.5) is 5.69 Å². The molecule has 0 spiro atoms. The molecule has 1 saturated carbocycles. The Morgan fingerprint density at radius 2 is 1.57 bits per heavy atom. The first-order chi connectivity index (χ1) is 9.97. The summed E-state index contributed by atoms with van der Waals surface area (Å²) in [6, 6.07) is 5.90. The molecule has 6 nitrogen and oxygen atoms in total. The van der Waals surface area contributed by atoms with E-state index in [2.05, 4.69) is 4.72 Å². The van der Waals surface area contributed by atoms with Crippen molar-refractivity contribution in [3.05, 3.63) is 24.3 Å². The van der Waals surface area contributed by atoms with Gasteiger partial charge in [-0.1, -0.05) is 0 Å². The van der Waals surface area contributed by atoms with Crippen molar-refractivity contribution in [1.82, 2.24) is 4.72 Å². The summed E-state index contributed by atoms with van der Waals surface area (Å²) in [6.45, 7) is 0. The van der Waals surface area contributed by atoms with E-state index in [4.69, 9.17) is 0 Å². The average Bonchev–Trinajstić information content (AvgIpc) is 3.22. The van der Waals surface area contributed by atoms with Gasteiger partial charge in [-0.2, -0.15) is 0 Å². The lowest BCUT2D eigenvalue weighted by Crippen LogP contribution is -2.40. The summed E-state index contributed by atoms with van der Waals surface area (Å²) in [5, 5.41) is 0. The van der Waals surface area contributed by atoms with Crippen molar-refractivity contribution < 1.29 is 18.0 Å². The number of piperidine rings is 1. The van der Waals surface area contributed by atoms with Crippen molar-refractivity contribution in [1.29, 1.82) is 0 Å². The quantitative estimate of drug-likeness (QED) is 0.846. The Kier molecular flexibility index (Phi) is 3.54. The highest BCUT2D eigenvalue weighted by atomic mass is 32.2. The van der Waals surface area contributed by atoms with Crippen molar-refractivity contribution in [3.63, 3.8) is 0 Å². The van der Waals surface area contributed by atoms with Crippen molar-refractivity contribution in [3.8, 4) is 0 Å². The first kappa shape index (κ1) is 14.2. The molecule has 112 valence electrons. The van der Waals surface area contributed by atoms with Gasteiger partial charge >= 0.3 is 0 Å². The molecular formula is C14H16N2O4S. The lowest BCUT2D eigenvalue weighted by molar-refractivity contribution is -0.129. The maximum absolute atomic E-state index is 12.0. The number of hydrogen-bond donors (Lipinski definition) is 1. The topological polar surface area (TPSA) is 83.6 Å². The van der Waals surface area contributed by atoms with E-state index in [1.807, 2.05) is 0 Å². The molecule has 0 aromatic heterocycles. The molecule has 3 rings (SSSR count). The number of benzene rings is 1. The average molecular weight is 308 g/mol. The predicted octanol–water partition coefficient (Wildman–Crippen LogP) is 1.17. The molecule has 1 N–H and O–H groups in total. The van der Waals surface area contributed by atoms with Crippen LogP contribution in [0.15, 0.2) is 29.2 Å². The monoisotopic (exact) mass is 308 g/mol. The Hall–Kier alpha value is -1.73. The fourth-order valence-electron chi connectivity index (χ4n) is 2.30. The normalized spacial score (nSPS) is 19.9. The molecule has 1 saturated heterocycles. The van der Waals surface area contributed by atoms with E-state index in [0.717, 1.165) is 17.7 Å². The van der Waals surface area contributed by atoms with Crippen LogP contribution >= 0.6 is 0 Å². The van der Waals surface area contributed by atoms with Crippen LogP contribution in [0.5, 0.6) is 0 Å². The van der Waals surface area contributed by atoms with Crippen LogP contribution in [0.2, 0.25) is 0 Å². The van der Waals surface area contributed by atoms with Crippen LogP contribution < -0.4 is 9.62 Å². The predicted molar refractivity (Wildman–Crippen MR) is 76.1 cm³/mol. The van der Waals surface area contributed by atoms with Gasteiger partial charge < -0.3 is 0 Å². The number of sulfonamides is 1. The maximum Gasteiger partial charge on any atom is 0.240 e. The Labute approximate surface area is 123 Å². The Morgan fingerprint density at radius 3 is 2.10 bits per heavy atom. The molecule has 2 aliphatic rings. The zero-order valence-electron chi connectivity index (χ0n) is 11.4. The molecule has 1 aromatic carbocycles. The van der Waals surface area contributed by atoms with Gasteiger partial charge in [-0.15, -0.1) is 0 Å². The summed E-state index contributed by atoms with van der Waals surface area (Å²) in [7, 11) is -3.51. The van der Waals surface area contributed by atoms with Crippen molar-refractivity contribution in [2.75, 3.05) is 4.90 Å². The summed E-state index contributed by atoms with van der Waals surface area (Å²) in [4.78, 5) is 24.9. The zero-order chi connectivity index (χ0) is 15.0. The van der Waals surface area contributed by atoms with Crippen LogP contribution in [0, 0.1) is 0 Å². The second kappa shape index (κ2) is 5.23. The van der Waals surface area contributed by atoms with Crippen molar-refractivity contribution in [2.24, 2.45) is 0 Å². The molecule has 1 aliphatic heterocycles. The molecule has 1 heterocycles. The molecular weight excluding hydrogens is 292 g/mol. The molecule has 0 unspecified atom stereocenters. The molecule has 1 aromatic rings. The largest absolute Gasteiger partial charge is 0.274 e.